The number of hydrogen-bond acceptors (Lipinski definition) is 4. The van der Waals surface area contributed by atoms with Gasteiger partial charge in [0.2, 0.25) is 5.91 Å². The number of methoxy groups -OCH3 is 1. The molecule has 4 rings (SSSR count). The number of amides is 1. The lowest BCUT2D eigenvalue weighted by molar-refractivity contribution is -0.117. The van der Waals surface area contributed by atoms with Crippen molar-refractivity contribution in [3.05, 3.63) is 82.8 Å². The molecule has 0 unspecified atom stereocenters. The Labute approximate surface area is 169 Å². The minimum absolute atomic E-state index is 0.0341. The fourth-order valence-corrected chi connectivity index (χ4v) is 4.26. The Hall–Kier alpha value is -3.34. The van der Waals surface area contributed by atoms with Crippen molar-refractivity contribution in [1.82, 2.24) is 0 Å². The quantitative estimate of drug-likeness (QED) is 0.587. The highest BCUT2D eigenvalue weighted by atomic mass is 16.5. The van der Waals surface area contributed by atoms with Crippen LogP contribution in [0.25, 0.3) is 0 Å². The first-order valence-electron chi connectivity index (χ1n) is 9.56. The Bertz CT molecular complexity index is 1080. The summed E-state index contributed by atoms with van der Waals surface area (Å²) in [6.45, 7) is 4.91. The molecular formula is C24H23NO4. The topological polar surface area (TPSA) is 59.8 Å². The Morgan fingerprint density at radius 3 is 2.31 bits per heavy atom. The van der Waals surface area contributed by atoms with E-state index in [2.05, 4.69) is 0 Å². The SMILES string of the molecule is COc1ccc([C@H]2[C@@H](c3cc(C(C)=O)c(C)o3)c3ccccc3N2C(C)=O)cc1. The molecule has 0 fully saturated rings. The van der Waals surface area contributed by atoms with Gasteiger partial charge in [0.25, 0.3) is 0 Å². The van der Waals surface area contributed by atoms with Crippen LogP contribution in [0.15, 0.2) is 59.0 Å². The van der Waals surface area contributed by atoms with Gasteiger partial charge in [-0.05, 0) is 49.2 Å². The smallest absolute Gasteiger partial charge is 0.224 e. The molecular weight excluding hydrogens is 366 g/mol. The van der Waals surface area contributed by atoms with Crippen LogP contribution < -0.4 is 9.64 Å². The molecule has 1 amide bonds. The molecule has 1 aliphatic heterocycles. The zero-order chi connectivity index (χ0) is 20.7. The van der Waals surface area contributed by atoms with Crippen molar-refractivity contribution in [3.8, 4) is 5.75 Å². The number of benzene rings is 2. The third kappa shape index (κ3) is 3.12. The Morgan fingerprint density at radius 1 is 1.03 bits per heavy atom. The van der Waals surface area contributed by atoms with Crippen molar-refractivity contribution in [1.29, 1.82) is 0 Å². The van der Waals surface area contributed by atoms with Crippen molar-refractivity contribution >= 4 is 17.4 Å². The van der Waals surface area contributed by atoms with Gasteiger partial charge in [-0.2, -0.15) is 0 Å². The third-order valence-electron chi connectivity index (χ3n) is 5.54. The van der Waals surface area contributed by atoms with E-state index in [9.17, 15) is 9.59 Å². The molecule has 2 atom stereocenters. The Morgan fingerprint density at radius 2 is 1.72 bits per heavy atom. The molecule has 0 radical (unpaired) electrons. The summed E-state index contributed by atoms with van der Waals surface area (Å²) >= 11 is 0. The van der Waals surface area contributed by atoms with E-state index in [1.165, 1.54) is 6.92 Å². The third-order valence-corrected chi connectivity index (χ3v) is 5.54. The maximum atomic E-state index is 12.7. The number of carbonyl (C=O) groups excluding carboxylic acids is 2. The lowest BCUT2D eigenvalue weighted by Gasteiger charge is -2.28. The van der Waals surface area contributed by atoms with E-state index in [1.54, 1.807) is 21.0 Å². The van der Waals surface area contributed by atoms with Crippen LogP contribution in [0.5, 0.6) is 5.75 Å². The molecule has 2 aromatic carbocycles. The van der Waals surface area contributed by atoms with E-state index >= 15 is 0 Å². The first-order chi connectivity index (χ1) is 13.9. The van der Waals surface area contributed by atoms with Gasteiger partial charge in [-0.3, -0.25) is 9.59 Å². The highest BCUT2D eigenvalue weighted by Gasteiger charge is 2.44. The van der Waals surface area contributed by atoms with Gasteiger partial charge in [-0.25, -0.2) is 0 Å². The molecule has 3 aromatic rings. The second kappa shape index (κ2) is 7.24. The van der Waals surface area contributed by atoms with Crippen LogP contribution in [-0.4, -0.2) is 18.8 Å². The second-order valence-electron chi connectivity index (χ2n) is 7.32. The number of ketones is 1. The molecule has 1 aromatic heterocycles. The standard InChI is InChI=1S/C24H23NO4/c1-14(26)20-13-22(29-15(20)2)23-19-7-5-6-8-21(19)25(16(3)27)24(23)17-9-11-18(28-4)12-10-17/h5-13,23-24H,1-4H3/t23-,24+/m1/s1. The summed E-state index contributed by atoms with van der Waals surface area (Å²) in [6, 6.07) is 17.1. The van der Waals surface area contributed by atoms with Crippen LogP contribution in [0, 0.1) is 6.92 Å². The average Bonchev–Trinajstić information content (AvgIpc) is 3.26. The molecule has 2 heterocycles. The first kappa shape index (κ1) is 19.0. The fraction of sp³-hybridized carbons (Fsp3) is 0.250. The number of para-hydroxylation sites is 1. The summed E-state index contributed by atoms with van der Waals surface area (Å²) in [5.41, 5.74) is 3.42. The number of ether oxygens (including phenoxy) is 1. The summed E-state index contributed by atoms with van der Waals surface area (Å²) in [7, 11) is 1.63. The maximum Gasteiger partial charge on any atom is 0.224 e. The van der Waals surface area contributed by atoms with Crippen molar-refractivity contribution < 1.29 is 18.7 Å². The predicted octanol–water partition coefficient (Wildman–Crippen LogP) is 5.04. The zero-order valence-electron chi connectivity index (χ0n) is 16.9. The number of Topliss-reactive ketones (excluding diaryl/α,β-unsaturated/α-hetero) is 1. The number of carbonyl (C=O) groups is 2. The van der Waals surface area contributed by atoms with E-state index in [1.807, 2.05) is 59.5 Å². The molecule has 29 heavy (non-hydrogen) atoms. The summed E-state index contributed by atoms with van der Waals surface area (Å²) < 4.78 is 11.3. The van der Waals surface area contributed by atoms with Gasteiger partial charge in [-0.15, -0.1) is 0 Å². The van der Waals surface area contributed by atoms with Crippen LogP contribution in [0.2, 0.25) is 0 Å². The molecule has 0 spiro atoms. The normalized spacial score (nSPS) is 17.9. The second-order valence-corrected chi connectivity index (χ2v) is 7.32. The Kier molecular flexibility index (Phi) is 4.74. The predicted molar refractivity (Wildman–Crippen MR) is 111 cm³/mol. The van der Waals surface area contributed by atoms with Gasteiger partial charge in [-0.1, -0.05) is 30.3 Å². The number of rotatable bonds is 4. The maximum absolute atomic E-state index is 12.7. The minimum atomic E-state index is -0.277. The number of nitrogens with zero attached hydrogens (tertiary/aromatic N) is 1. The highest BCUT2D eigenvalue weighted by molar-refractivity contribution is 5.97. The average molecular weight is 389 g/mol. The molecule has 0 aliphatic carbocycles. The first-order valence-corrected chi connectivity index (χ1v) is 9.56. The molecule has 1 aliphatic rings. The van der Waals surface area contributed by atoms with Gasteiger partial charge in [0.15, 0.2) is 5.78 Å². The van der Waals surface area contributed by atoms with E-state index < -0.39 is 0 Å². The molecule has 5 nitrogen and oxygen atoms in total. The molecule has 0 saturated heterocycles. The highest BCUT2D eigenvalue weighted by Crippen LogP contribution is 2.52. The monoisotopic (exact) mass is 389 g/mol. The number of fused-ring (bicyclic) bond motifs is 1. The molecule has 5 heteroatoms. The van der Waals surface area contributed by atoms with Crippen molar-refractivity contribution in [2.24, 2.45) is 0 Å². The lowest BCUT2D eigenvalue weighted by Crippen LogP contribution is -2.31. The van der Waals surface area contributed by atoms with Gasteiger partial charge in [0.05, 0.1) is 24.6 Å². The molecule has 0 bridgehead atoms. The largest absolute Gasteiger partial charge is 0.497 e. The minimum Gasteiger partial charge on any atom is -0.497 e. The van der Waals surface area contributed by atoms with E-state index in [0.29, 0.717) is 17.1 Å². The van der Waals surface area contributed by atoms with Crippen LogP contribution in [0.3, 0.4) is 0 Å². The summed E-state index contributed by atoms with van der Waals surface area (Å²) in [5, 5.41) is 0. The van der Waals surface area contributed by atoms with Crippen LogP contribution in [-0.2, 0) is 4.79 Å². The molecule has 148 valence electrons. The summed E-state index contributed by atoms with van der Waals surface area (Å²) in [5.74, 6) is 1.74. The van der Waals surface area contributed by atoms with Crippen molar-refractivity contribution in [3.63, 3.8) is 0 Å². The Balaban J connectivity index is 1.92. The molecule has 0 N–H and O–H groups in total. The van der Waals surface area contributed by atoms with Gasteiger partial charge in [0, 0.05) is 12.6 Å². The van der Waals surface area contributed by atoms with Crippen molar-refractivity contribution in [2.45, 2.75) is 32.7 Å². The van der Waals surface area contributed by atoms with Crippen LogP contribution in [0.4, 0.5) is 5.69 Å². The van der Waals surface area contributed by atoms with Crippen molar-refractivity contribution in [2.75, 3.05) is 12.0 Å². The fourth-order valence-electron chi connectivity index (χ4n) is 4.26. The van der Waals surface area contributed by atoms with Crippen LogP contribution in [0.1, 0.15) is 58.8 Å². The number of furan rings is 1. The van der Waals surface area contributed by atoms with Gasteiger partial charge in [0.1, 0.15) is 17.3 Å². The van der Waals surface area contributed by atoms with E-state index in [0.717, 1.165) is 22.6 Å². The van der Waals surface area contributed by atoms with Gasteiger partial charge >= 0.3 is 0 Å². The number of anilines is 1. The number of aryl methyl sites for hydroxylation is 1. The zero-order valence-corrected chi connectivity index (χ0v) is 16.9. The number of hydrogen-bond donors (Lipinski definition) is 0. The van der Waals surface area contributed by atoms with Crippen LogP contribution >= 0.6 is 0 Å². The molecule has 0 saturated carbocycles. The summed E-state index contributed by atoms with van der Waals surface area (Å²) in [6.07, 6.45) is 0. The van der Waals surface area contributed by atoms with E-state index in [-0.39, 0.29) is 23.7 Å². The van der Waals surface area contributed by atoms with E-state index in [4.69, 9.17) is 9.15 Å². The summed E-state index contributed by atoms with van der Waals surface area (Å²) in [4.78, 5) is 26.5. The lowest BCUT2D eigenvalue weighted by atomic mass is 9.87. The van der Waals surface area contributed by atoms with Gasteiger partial charge < -0.3 is 14.1 Å².